The number of aromatic nitrogens is 2. The smallest absolute Gasteiger partial charge is 0.268 e. The van der Waals surface area contributed by atoms with Crippen molar-refractivity contribution in [3.63, 3.8) is 0 Å². The summed E-state index contributed by atoms with van der Waals surface area (Å²) in [6.45, 7) is 2.42. The highest BCUT2D eigenvalue weighted by Gasteiger charge is 2.17. The number of carbonyl (C=O) groups is 1. The van der Waals surface area contributed by atoms with Gasteiger partial charge in [0.1, 0.15) is 24.0 Å². The number of anilines is 1. The van der Waals surface area contributed by atoms with Crippen molar-refractivity contribution in [1.29, 1.82) is 5.26 Å². The molecule has 11 heteroatoms. The van der Waals surface area contributed by atoms with Crippen molar-refractivity contribution in [2.24, 2.45) is 0 Å². The number of hydrogen-bond acceptors (Lipinski definition) is 8. The van der Waals surface area contributed by atoms with Crippen molar-refractivity contribution < 1.29 is 17.9 Å². The average molecular weight is 533 g/mol. The highest BCUT2D eigenvalue weighted by molar-refractivity contribution is 9.10. The van der Waals surface area contributed by atoms with E-state index in [1.165, 1.54) is 11.6 Å². The molecule has 0 aliphatic heterocycles. The predicted molar refractivity (Wildman–Crippen MR) is 125 cm³/mol. The van der Waals surface area contributed by atoms with Crippen molar-refractivity contribution in [2.75, 3.05) is 11.6 Å². The summed E-state index contributed by atoms with van der Waals surface area (Å²) in [7, 11) is -3.59. The molecule has 0 bridgehead atoms. The number of sulfone groups is 1. The quantitative estimate of drug-likeness (QED) is 0.358. The van der Waals surface area contributed by atoms with Crippen molar-refractivity contribution in [2.45, 2.75) is 18.7 Å². The molecule has 3 aromatic rings. The number of amides is 1. The first-order valence-electron chi connectivity index (χ1n) is 9.10. The van der Waals surface area contributed by atoms with Gasteiger partial charge in [0.25, 0.3) is 11.1 Å². The number of halogens is 1. The van der Waals surface area contributed by atoms with Crippen LogP contribution in [0, 0.1) is 18.3 Å². The van der Waals surface area contributed by atoms with E-state index in [9.17, 15) is 18.5 Å². The third-order valence-corrected chi connectivity index (χ3v) is 6.32. The number of hydrogen-bond donors (Lipinski definition) is 1. The van der Waals surface area contributed by atoms with E-state index in [2.05, 4.69) is 30.6 Å². The number of nitriles is 1. The molecule has 8 nitrogen and oxygen atoms in total. The molecule has 32 heavy (non-hydrogen) atoms. The van der Waals surface area contributed by atoms with Crippen LogP contribution in [0.2, 0.25) is 0 Å². The minimum atomic E-state index is -3.59. The Morgan fingerprint density at radius 2 is 2.00 bits per heavy atom. The van der Waals surface area contributed by atoms with Crippen LogP contribution in [0.25, 0.3) is 6.08 Å². The number of nitrogens with zero attached hydrogens (tertiary/aromatic N) is 3. The van der Waals surface area contributed by atoms with Crippen molar-refractivity contribution in [3.8, 4) is 11.8 Å². The summed E-state index contributed by atoms with van der Waals surface area (Å²) in [5.41, 5.74) is 2.62. The summed E-state index contributed by atoms with van der Waals surface area (Å²) in [6.07, 6.45) is 2.37. The van der Waals surface area contributed by atoms with E-state index in [-0.39, 0.29) is 15.9 Å². The van der Waals surface area contributed by atoms with E-state index in [1.807, 2.05) is 37.3 Å². The van der Waals surface area contributed by atoms with E-state index in [4.69, 9.17) is 4.74 Å². The Labute approximate surface area is 197 Å². The maximum Gasteiger partial charge on any atom is 0.268 e. The molecule has 2 aromatic carbocycles. The molecule has 0 aliphatic rings. The fraction of sp³-hybridized carbons (Fsp3) is 0.143. The zero-order valence-corrected chi connectivity index (χ0v) is 20.2. The monoisotopic (exact) mass is 532 g/mol. The van der Waals surface area contributed by atoms with E-state index < -0.39 is 15.7 Å². The van der Waals surface area contributed by atoms with Gasteiger partial charge in [-0.3, -0.25) is 10.1 Å². The predicted octanol–water partition coefficient (Wildman–Crippen LogP) is 4.14. The number of ether oxygens (including phenoxy) is 1. The third kappa shape index (κ3) is 6.23. The molecular formula is C21H17BrN4O4S2. The number of aryl methyl sites for hydroxylation is 1. The van der Waals surface area contributed by atoms with Crippen molar-refractivity contribution in [3.05, 3.63) is 69.2 Å². The summed E-state index contributed by atoms with van der Waals surface area (Å²) in [5, 5.41) is 11.4. The number of nitrogens with one attached hydrogen (secondary N) is 1. The molecule has 164 valence electrons. The second-order valence-electron chi connectivity index (χ2n) is 6.74. The van der Waals surface area contributed by atoms with E-state index in [1.54, 1.807) is 18.2 Å². The van der Waals surface area contributed by atoms with Gasteiger partial charge in [-0.05, 0) is 52.2 Å². The molecule has 0 saturated heterocycles. The van der Waals surface area contributed by atoms with Crippen LogP contribution in [0.5, 0.6) is 5.75 Å². The molecule has 0 unspecified atom stereocenters. The molecule has 0 aliphatic carbocycles. The van der Waals surface area contributed by atoms with Crippen LogP contribution in [-0.2, 0) is 21.2 Å². The van der Waals surface area contributed by atoms with E-state index >= 15 is 0 Å². The second kappa shape index (κ2) is 10.0. The van der Waals surface area contributed by atoms with Gasteiger partial charge in [0, 0.05) is 17.8 Å². The standard InChI is InChI=1S/C21H17BrN4O4S2/c1-13-3-5-14(6-4-13)12-30-18-8-7-15(10-17(18)22)9-16(11-23)19(27)24-20-25-21(26-31-20)32(2,28)29/h3-10H,12H2,1-2H3,(H,24,25,26,27). The van der Waals surface area contributed by atoms with E-state index in [0.29, 0.717) is 33.9 Å². The van der Waals surface area contributed by atoms with Crippen LogP contribution in [0.3, 0.4) is 0 Å². The fourth-order valence-electron chi connectivity index (χ4n) is 2.46. The molecular weight excluding hydrogens is 516 g/mol. The Balaban J connectivity index is 1.70. The minimum Gasteiger partial charge on any atom is -0.488 e. The van der Waals surface area contributed by atoms with Crippen LogP contribution in [-0.4, -0.2) is 29.9 Å². The van der Waals surface area contributed by atoms with Crippen LogP contribution in [0.4, 0.5) is 5.13 Å². The van der Waals surface area contributed by atoms with Gasteiger partial charge in [0.05, 0.1) is 4.47 Å². The van der Waals surface area contributed by atoms with Gasteiger partial charge in [0.15, 0.2) is 0 Å². The second-order valence-corrected chi connectivity index (χ2v) is 10.3. The normalized spacial score (nSPS) is 11.6. The molecule has 1 N–H and O–H groups in total. The Morgan fingerprint density at radius 3 is 2.59 bits per heavy atom. The highest BCUT2D eigenvalue weighted by atomic mass is 79.9. The number of benzene rings is 2. The van der Waals surface area contributed by atoms with Crippen LogP contribution in [0.15, 0.2) is 57.7 Å². The van der Waals surface area contributed by atoms with Gasteiger partial charge in [-0.25, -0.2) is 8.42 Å². The Morgan fingerprint density at radius 1 is 1.28 bits per heavy atom. The number of carbonyl (C=O) groups excluding carboxylic acids is 1. The van der Waals surface area contributed by atoms with Crippen LogP contribution >= 0.6 is 27.5 Å². The maximum absolute atomic E-state index is 12.4. The summed E-state index contributed by atoms with van der Waals surface area (Å²) < 4.78 is 33.1. The lowest BCUT2D eigenvalue weighted by atomic mass is 10.1. The lowest BCUT2D eigenvalue weighted by Gasteiger charge is -2.09. The van der Waals surface area contributed by atoms with E-state index in [0.717, 1.165) is 11.8 Å². The van der Waals surface area contributed by atoms with Gasteiger partial charge in [0.2, 0.25) is 15.0 Å². The molecule has 0 saturated carbocycles. The van der Waals surface area contributed by atoms with Crippen LogP contribution < -0.4 is 10.1 Å². The Hall–Kier alpha value is -3.07. The fourth-order valence-corrected chi connectivity index (χ4v) is 4.41. The minimum absolute atomic E-state index is 0.0161. The molecule has 1 aromatic heterocycles. The first kappa shape index (κ1) is 23.6. The van der Waals surface area contributed by atoms with Crippen molar-refractivity contribution in [1.82, 2.24) is 9.36 Å². The molecule has 1 heterocycles. The molecule has 3 rings (SSSR count). The van der Waals surface area contributed by atoms with Gasteiger partial charge < -0.3 is 4.74 Å². The summed E-state index contributed by atoms with van der Waals surface area (Å²) in [5.74, 6) is -0.104. The average Bonchev–Trinajstić information content (AvgIpc) is 3.21. The Kier molecular flexibility index (Phi) is 7.40. The highest BCUT2D eigenvalue weighted by Crippen LogP contribution is 2.28. The van der Waals surface area contributed by atoms with Gasteiger partial charge in [-0.2, -0.15) is 14.6 Å². The maximum atomic E-state index is 12.4. The molecule has 0 fully saturated rings. The first-order chi connectivity index (χ1) is 15.2. The zero-order chi connectivity index (χ0) is 23.3. The summed E-state index contributed by atoms with van der Waals surface area (Å²) in [4.78, 5) is 16.1. The lowest BCUT2D eigenvalue weighted by Crippen LogP contribution is -2.13. The van der Waals surface area contributed by atoms with Crippen molar-refractivity contribution >= 4 is 54.4 Å². The molecule has 0 spiro atoms. The molecule has 0 atom stereocenters. The summed E-state index contributed by atoms with van der Waals surface area (Å²) in [6, 6.07) is 15.0. The molecule has 1 amide bonds. The largest absolute Gasteiger partial charge is 0.488 e. The SMILES string of the molecule is Cc1ccc(COc2ccc(C=C(C#N)C(=O)Nc3nc(S(C)(=O)=O)ns3)cc2Br)cc1. The van der Waals surface area contributed by atoms with Gasteiger partial charge in [-0.1, -0.05) is 35.9 Å². The lowest BCUT2D eigenvalue weighted by molar-refractivity contribution is -0.112. The zero-order valence-electron chi connectivity index (χ0n) is 17.0. The third-order valence-electron chi connectivity index (χ3n) is 4.11. The topological polar surface area (TPSA) is 122 Å². The number of rotatable bonds is 7. The molecule has 0 radical (unpaired) electrons. The van der Waals surface area contributed by atoms with Gasteiger partial charge in [-0.15, -0.1) is 0 Å². The summed E-state index contributed by atoms with van der Waals surface area (Å²) >= 11 is 4.16. The van der Waals surface area contributed by atoms with Crippen LogP contribution in [0.1, 0.15) is 16.7 Å². The first-order valence-corrected chi connectivity index (χ1v) is 12.6. The van der Waals surface area contributed by atoms with Gasteiger partial charge >= 0.3 is 0 Å². The Bertz CT molecular complexity index is 1330.